The van der Waals surface area contributed by atoms with Crippen LogP contribution in [0.15, 0.2) is 72.0 Å². The fraction of sp³-hybridized carbons (Fsp3) is 0.0833. The number of benzene rings is 2. The summed E-state index contributed by atoms with van der Waals surface area (Å²) in [7, 11) is 3.43. The number of halogens is 1. The maximum atomic E-state index is 9.35. The first-order valence-corrected chi connectivity index (χ1v) is 10.2. The van der Waals surface area contributed by atoms with Crippen LogP contribution >= 0.6 is 11.6 Å². The van der Waals surface area contributed by atoms with Gasteiger partial charge < -0.3 is 9.30 Å². The van der Waals surface area contributed by atoms with Gasteiger partial charge in [0.05, 0.1) is 41.7 Å². The lowest BCUT2D eigenvalue weighted by Gasteiger charge is -2.09. The Hall–Kier alpha value is -4.15. The highest BCUT2D eigenvalue weighted by Crippen LogP contribution is 2.32. The van der Waals surface area contributed by atoms with Crippen LogP contribution in [0.25, 0.3) is 38.8 Å². The number of fused-ring (bicyclic) bond motifs is 3. The molecule has 0 fully saturated rings. The average Bonchev–Trinajstić information content (AvgIpc) is 3.11. The van der Waals surface area contributed by atoms with Crippen LogP contribution in [0.4, 0.5) is 0 Å². The van der Waals surface area contributed by atoms with E-state index < -0.39 is 0 Å². The van der Waals surface area contributed by atoms with Crippen LogP contribution in [0.3, 0.4) is 0 Å². The van der Waals surface area contributed by atoms with Gasteiger partial charge in [-0.2, -0.15) is 5.26 Å². The van der Waals surface area contributed by atoms with Crippen LogP contribution in [0.2, 0.25) is 5.02 Å². The van der Waals surface area contributed by atoms with E-state index in [-0.39, 0.29) is 0 Å². The summed E-state index contributed by atoms with van der Waals surface area (Å²) in [5.41, 5.74) is 5.64. The lowest BCUT2D eigenvalue weighted by atomic mass is 10.0. The Balaban J connectivity index is 1.91. The van der Waals surface area contributed by atoms with Crippen molar-refractivity contribution in [2.45, 2.75) is 0 Å². The van der Waals surface area contributed by atoms with Crippen LogP contribution in [-0.4, -0.2) is 26.2 Å². The lowest BCUT2D eigenvalue weighted by Crippen LogP contribution is -2.22. The van der Waals surface area contributed by atoms with Gasteiger partial charge in [-0.15, -0.1) is 4.99 Å². The van der Waals surface area contributed by atoms with Crippen LogP contribution < -0.4 is 10.4 Å². The molecule has 8 heteroatoms. The van der Waals surface area contributed by atoms with Crippen molar-refractivity contribution in [3.8, 4) is 28.9 Å². The summed E-state index contributed by atoms with van der Waals surface area (Å²) in [5.74, 6) is 0.501. The van der Waals surface area contributed by atoms with E-state index in [0.717, 1.165) is 38.8 Å². The van der Waals surface area contributed by atoms with E-state index in [1.807, 2.05) is 64.8 Å². The molecule has 0 aliphatic rings. The van der Waals surface area contributed by atoms with E-state index >= 15 is 0 Å². The molecule has 5 aromatic rings. The van der Waals surface area contributed by atoms with E-state index in [1.165, 1.54) is 0 Å². The van der Waals surface area contributed by atoms with Gasteiger partial charge in [0.15, 0.2) is 0 Å². The third-order valence-electron chi connectivity index (χ3n) is 5.43. The predicted octanol–water partition coefficient (Wildman–Crippen LogP) is 4.62. The van der Waals surface area contributed by atoms with Gasteiger partial charge in [0.2, 0.25) is 17.7 Å². The van der Waals surface area contributed by atoms with E-state index in [0.29, 0.717) is 16.5 Å². The largest absolute Gasteiger partial charge is 0.481 e. The minimum absolute atomic E-state index is 0.465. The van der Waals surface area contributed by atoms with Crippen molar-refractivity contribution in [1.29, 1.82) is 5.26 Å². The predicted molar refractivity (Wildman–Crippen MR) is 124 cm³/mol. The fourth-order valence-corrected chi connectivity index (χ4v) is 4.15. The first-order chi connectivity index (χ1) is 15.6. The number of nitriles is 1. The maximum Gasteiger partial charge on any atom is 0.226 e. The molecule has 0 atom stereocenters. The lowest BCUT2D eigenvalue weighted by molar-refractivity contribution is 0.398. The third kappa shape index (κ3) is 3.09. The summed E-state index contributed by atoms with van der Waals surface area (Å²) in [6.45, 7) is 0. The van der Waals surface area contributed by atoms with E-state index in [1.54, 1.807) is 25.6 Å². The SMILES string of the molecule is COc1ccc(-n2c(=NC#N)n(C)c3cnc4ccc(-c5ccccc5Cl)cc4c32)cn1. The maximum absolute atomic E-state index is 9.35. The highest BCUT2D eigenvalue weighted by Gasteiger charge is 2.16. The van der Waals surface area contributed by atoms with Crippen molar-refractivity contribution in [3.05, 3.63) is 77.6 Å². The van der Waals surface area contributed by atoms with Gasteiger partial charge in [0.25, 0.3) is 0 Å². The smallest absolute Gasteiger partial charge is 0.226 e. The highest BCUT2D eigenvalue weighted by molar-refractivity contribution is 6.33. The molecule has 0 aliphatic heterocycles. The molecule has 3 heterocycles. The summed E-state index contributed by atoms with van der Waals surface area (Å²) < 4.78 is 8.95. The van der Waals surface area contributed by atoms with Gasteiger partial charge in [0.1, 0.15) is 0 Å². The van der Waals surface area contributed by atoms with Crippen molar-refractivity contribution in [2.24, 2.45) is 12.0 Å². The number of aromatic nitrogens is 4. The summed E-state index contributed by atoms with van der Waals surface area (Å²) in [6.07, 6.45) is 5.39. The summed E-state index contributed by atoms with van der Waals surface area (Å²) in [5, 5.41) is 10.9. The number of hydrogen-bond donors (Lipinski definition) is 0. The van der Waals surface area contributed by atoms with Crippen molar-refractivity contribution in [3.63, 3.8) is 0 Å². The van der Waals surface area contributed by atoms with E-state index in [4.69, 9.17) is 16.3 Å². The summed E-state index contributed by atoms with van der Waals surface area (Å²) >= 11 is 6.46. The van der Waals surface area contributed by atoms with Crippen molar-refractivity contribution < 1.29 is 4.74 Å². The Labute approximate surface area is 188 Å². The molecule has 0 saturated carbocycles. The quantitative estimate of drug-likeness (QED) is 0.383. The minimum atomic E-state index is 0.465. The Morgan fingerprint density at radius 1 is 1.06 bits per heavy atom. The van der Waals surface area contributed by atoms with Gasteiger partial charge in [0, 0.05) is 29.1 Å². The number of nitrogens with zero attached hydrogens (tertiary/aromatic N) is 6. The molecular weight excluding hydrogens is 424 g/mol. The molecule has 0 aliphatic carbocycles. The fourth-order valence-electron chi connectivity index (χ4n) is 3.91. The van der Waals surface area contributed by atoms with E-state index in [2.05, 4.69) is 21.0 Å². The van der Waals surface area contributed by atoms with E-state index in [9.17, 15) is 5.26 Å². The van der Waals surface area contributed by atoms with Gasteiger partial charge in [-0.25, -0.2) is 4.98 Å². The molecule has 0 saturated heterocycles. The first-order valence-electron chi connectivity index (χ1n) is 9.80. The summed E-state index contributed by atoms with van der Waals surface area (Å²) in [4.78, 5) is 13.1. The Morgan fingerprint density at radius 2 is 1.91 bits per heavy atom. The molecule has 0 spiro atoms. The highest BCUT2D eigenvalue weighted by atomic mass is 35.5. The molecule has 0 bridgehead atoms. The first kappa shape index (κ1) is 19.8. The van der Waals surface area contributed by atoms with Crippen molar-refractivity contribution in [1.82, 2.24) is 19.1 Å². The monoisotopic (exact) mass is 440 g/mol. The molecule has 0 N–H and O–H groups in total. The topological polar surface area (TPSA) is 81.0 Å². The normalized spacial score (nSPS) is 11.8. The molecule has 32 heavy (non-hydrogen) atoms. The van der Waals surface area contributed by atoms with Crippen molar-refractivity contribution in [2.75, 3.05) is 7.11 Å². The molecular formula is C24H17ClN6O. The summed E-state index contributed by atoms with van der Waals surface area (Å²) in [6, 6.07) is 17.4. The van der Waals surface area contributed by atoms with Crippen molar-refractivity contribution >= 4 is 33.5 Å². The molecule has 0 unspecified atom stereocenters. The van der Waals surface area contributed by atoms with Crippen LogP contribution in [-0.2, 0) is 7.05 Å². The average molecular weight is 441 g/mol. The van der Waals surface area contributed by atoms with Gasteiger partial charge >= 0.3 is 0 Å². The number of imidazole rings is 1. The Kier molecular flexibility index (Phi) is 4.85. The Morgan fingerprint density at radius 3 is 2.62 bits per heavy atom. The second-order valence-corrected chi connectivity index (χ2v) is 7.58. The second-order valence-electron chi connectivity index (χ2n) is 7.17. The van der Waals surface area contributed by atoms with Gasteiger partial charge in [-0.3, -0.25) is 9.55 Å². The molecule has 2 aromatic carbocycles. The molecule has 156 valence electrons. The second kappa shape index (κ2) is 7.84. The van der Waals surface area contributed by atoms with Crippen LogP contribution in [0.1, 0.15) is 0 Å². The minimum Gasteiger partial charge on any atom is -0.481 e. The number of ether oxygens (including phenoxy) is 1. The van der Waals surface area contributed by atoms with Gasteiger partial charge in [-0.1, -0.05) is 35.9 Å². The number of pyridine rings is 2. The molecule has 0 radical (unpaired) electrons. The standard InChI is InChI=1S/C24H17ClN6O/c1-30-21-13-27-20-9-7-15(17-5-3-4-6-19(17)25)11-18(20)23(21)31(24(30)29-14-26)16-8-10-22(32-2)28-12-16/h3-13H,1-2H3. The zero-order valence-electron chi connectivity index (χ0n) is 17.3. The molecule has 0 amide bonds. The number of methoxy groups -OCH3 is 1. The Bertz CT molecular complexity index is 1590. The van der Waals surface area contributed by atoms with Crippen LogP contribution in [0.5, 0.6) is 5.88 Å². The number of hydrogen-bond acceptors (Lipinski definition) is 5. The number of aryl methyl sites for hydroxylation is 1. The van der Waals surface area contributed by atoms with Gasteiger partial charge in [-0.05, 0) is 29.8 Å². The molecule has 5 rings (SSSR count). The molecule has 3 aromatic heterocycles. The zero-order valence-corrected chi connectivity index (χ0v) is 18.1. The third-order valence-corrected chi connectivity index (χ3v) is 5.76. The number of rotatable bonds is 3. The molecule has 7 nitrogen and oxygen atoms in total. The zero-order chi connectivity index (χ0) is 22.2. The van der Waals surface area contributed by atoms with Crippen LogP contribution in [0, 0.1) is 11.5 Å².